The molecule has 0 spiro atoms. The van der Waals surface area contributed by atoms with Crippen LogP contribution in [-0.2, 0) is 6.42 Å². The van der Waals surface area contributed by atoms with E-state index in [1.54, 1.807) is 0 Å². The first kappa shape index (κ1) is 9.59. The molecule has 2 aliphatic carbocycles. The largest absolute Gasteiger partial charge is 0.293 e. The highest BCUT2D eigenvalue weighted by Gasteiger charge is 2.21. The van der Waals surface area contributed by atoms with E-state index < -0.39 is 0 Å². The van der Waals surface area contributed by atoms with Crippen molar-refractivity contribution < 1.29 is 0 Å². The summed E-state index contributed by atoms with van der Waals surface area (Å²) in [6.07, 6.45) is 7.75. The Kier molecular flexibility index (Phi) is 2.24. The molecule has 0 atom stereocenters. The highest BCUT2D eigenvalue weighted by atomic mass is 14.7. The maximum Gasteiger partial charge on any atom is 0.0389 e. The Morgan fingerprint density at radius 2 is 2.00 bits per heavy atom. The van der Waals surface area contributed by atoms with Crippen LogP contribution in [0.25, 0.3) is 5.57 Å². The monoisotopic (exact) mass is 209 g/mol. The van der Waals surface area contributed by atoms with Crippen LogP contribution in [0.3, 0.4) is 0 Å². The molecule has 80 valence electrons. The normalized spacial score (nSPS) is 20.9. The number of fused-ring (bicyclic) bond motifs is 2. The van der Waals surface area contributed by atoms with Crippen LogP contribution in [0.15, 0.2) is 47.0 Å². The quantitative estimate of drug-likeness (QED) is 0.621. The smallest absolute Gasteiger partial charge is 0.0389 e. The minimum absolute atomic E-state index is 1.05. The number of hydrogen-bond donors (Lipinski definition) is 0. The van der Waals surface area contributed by atoms with Crippen LogP contribution in [0.2, 0.25) is 0 Å². The Labute approximate surface area is 96.2 Å². The first-order chi connectivity index (χ1) is 7.90. The lowest BCUT2D eigenvalue weighted by Gasteiger charge is -2.06. The molecule has 0 fully saturated rings. The van der Waals surface area contributed by atoms with Gasteiger partial charge in [0.05, 0.1) is 0 Å². The molecule has 0 bridgehead atoms. The zero-order valence-electron chi connectivity index (χ0n) is 9.53. The Hall–Kier alpha value is -1.63. The molecular formula is C15H15N. The van der Waals surface area contributed by atoms with E-state index >= 15 is 0 Å². The lowest BCUT2D eigenvalue weighted by molar-refractivity contribution is 1.03. The zero-order valence-corrected chi connectivity index (χ0v) is 9.53. The average Bonchev–Trinajstić information content (AvgIpc) is 2.74. The molecule has 0 saturated heterocycles. The van der Waals surface area contributed by atoms with Crippen molar-refractivity contribution in [2.45, 2.75) is 19.3 Å². The molecule has 0 aliphatic heterocycles. The zero-order chi connectivity index (χ0) is 11.0. The topological polar surface area (TPSA) is 12.4 Å². The fourth-order valence-electron chi connectivity index (χ4n) is 2.68. The summed E-state index contributed by atoms with van der Waals surface area (Å²) in [5.74, 6) is 0. The second-order valence-corrected chi connectivity index (χ2v) is 4.33. The minimum Gasteiger partial charge on any atom is -0.293 e. The molecule has 0 saturated carbocycles. The second-order valence-electron chi connectivity index (χ2n) is 4.33. The first-order valence-corrected chi connectivity index (χ1v) is 5.84. The predicted molar refractivity (Wildman–Crippen MR) is 68.8 cm³/mol. The Bertz CT molecular complexity index is 518. The van der Waals surface area contributed by atoms with E-state index in [2.05, 4.69) is 41.4 Å². The van der Waals surface area contributed by atoms with E-state index in [0.717, 1.165) is 19.3 Å². The SMILES string of the molecule is CN=C1CCc2ccccc2C2=C1CC=C2. The number of allylic oxidation sites excluding steroid dienone is 4. The summed E-state index contributed by atoms with van der Waals surface area (Å²) in [5.41, 5.74) is 6.99. The summed E-state index contributed by atoms with van der Waals surface area (Å²) in [4.78, 5) is 4.45. The number of hydrogen-bond acceptors (Lipinski definition) is 1. The third-order valence-corrected chi connectivity index (χ3v) is 3.49. The van der Waals surface area contributed by atoms with E-state index in [1.165, 1.54) is 28.0 Å². The molecule has 0 amide bonds. The van der Waals surface area contributed by atoms with Gasteiger partial charge < -0.3 is 0 Å². The molecule has 3 rings (SSSR count). The van der Waals surface area contributed by atoms with Gasteiger partial charge in [-0.2, -0.15) is 0 Å². The van der Waals surface area contributed by atoms with Gasteiger partial charge in [0, 0.05) is 12.8 Å². The van der Waals surface area contributed by atoms with Crippen LogP contribution in [0.1, 0.15) is 24.0 Å². The van der Waals surface area contributed by atoms with Gasteiger partial charge in [0.25, 0.3) is 0 Å². The summed E-state index contributed by atoms with van der Waals surface area (Å²) in [6, 6.07) is 8.74. The summed E-state index contributed by atoms with van der Waals surface area (Å²) in [5, 5.41) is 0. The minimum atomic E-state index is 1.05. The molecule has 2 aliphatic rings. The Morgan fingerprint density at radius 1 is 1.12 bits per heavy atom. The van der Waals surface area contributed by atoms with Crippen molar-refractivity contribution in [2.75, 3.05) is 7.05 Å². The lowest BCUT2D eigenvalue weighted by Crippen LogP contribution is -2.01. The molecule has 0 unspecified atom stereocenters. The summed E-state index contributed by atoms with van der Waals surface area (Å²) < 4.78 is 0. The van der Waals surface area contributed by atoms with E-state index in [-0.39, 0.29) is 0 Å². The van der Waals surface area contributed by atoms with Crippen molar-refractivity contribution in [1.29, 1.82) is 0 Å². The van der Waals surface area contributed by atoms with E-state index in [0.29, 0.717) is 0 Å². The molecule has 0 heterocycles. The standard InChI is InChI=1S/C15H15N/c1-16-15-10-9-11-5-2-3-6-12(11)13-7-4-8-14(13)15/h2-7H,8-10H2,1H3. The molecule has 0 N–H and O–H groups in total. The third-order valence-electron chi connectivity index (χ3n) is 3.49. The van der Waals surface area contributed by atoms with Gasteiger partial charge in [-0.25, -0.2) is 0 Å². The molecule has 0 aromatic heterocycles. The van der Waals surface area contributed by atoms with Crippen LogP contribution in [0.4, 0.5) is 0 Å². The van der Waals surface area contributed by atoms with Gasteiger partial charge in [0.2, 0.25) is 0 Å². The number of aliphatic imine (C=N–C) groups is 1. The molecule has 1 nitrogen and oxygen atoms in total. The highest BCUT2D eigenvalue weighted by Crippen LogP contribution is 2.35. The maximum atomic E-state index is 4.45. The van der Waals surface area contributed by atoms with Crippen molar-refractivity contribution >= 4 is 11.3 Å². The third kappa shape index (κ3) is 1.35. The van der Waals surface area contributed by atoms with Crippen molar-refractivity contribution in [3.05, 3.63) is 53.1 Å². The highest BCUT2D eigenvalue weighted by molar-refractivity contribution is 6.10. The van der Waals surface area contributed by atoms with E-state index in [9.17, 15) is 0 Å². The van der Waals surface area contributed by atoms with Crippen molar-refractivity contribution in [1.82, 2.24) is 0 Å². The van der Waals surface area contributed by atoms with Gasteiger partial charge in [-0.3, -0.25) is 4.99 Å². The Morgan fingerprint density at radius 3 is 2.88 bits per heavy atom. The molecule has 1 heteroatoms. The van der Waals surface area contributed by atoms with Crippen molar-refractivity contribution in [2.24, 2.45) is 4.99 Å². The van der Waals surface area contributed by atoms with Crippen LogP contribution in [0.5, 0.6) is 0 Å². The summed E-state index contributed by atoms with van der Waals surface area (Å²) in [6.45, 7) is 0. The Balaban J connectivity index is 2.23. The molecule has 16 heavy (non-hydrogen) atoms. The molecule has 1 aromatic rings. The van der Waals surface area contributed by atoms with Crippen molar-refractivity contribution in [3.63, 3.8) is 0 Å². The van der Waals surface area contributed by atoms with Crippen LogP contribution < -0.4 is 0 Å². The van der Waals surface area contributed by atoms with Gasteiger partial charge in [-0.15, -0.1) is 0 Å². The van der Waals surface area contributed by atoms with Crippen LogP contribution in [0, 0.1) is 0 Å². The van der Waals surface area contributed by atoms with Gasteiger partial charge >= 0.3 is 0 Å². The molecular weight excluding hydrogens is 194 g/mol. The summed E-state index contributed by atoms with van der Waals surface area (Å²) in [7, 11) is 1.91. The summed E-state index contributed by atoms with van der Waals surface area (Å²) >= 11 is 0. The number of nitrogens with zero attached hydrogens (tertiary/aromatic N) is 1. The van der Waals surface area contributed by atoms with E-state index in [1.807, 2.05) is 7.05 Å². The van der Waals surface area contributed by atoms with Gasteiger partial charge in [-0.1, -0.05) is 36.4 Å². The van der Waals surface area contributed by atoms with Gasteiger partial charge in [0.15, 0.2) is 0 Å². The molecule has 1 aromatic carbocycles. The molecule has 0 radical (unpaired) electrons. The van der Waals surface area contributed by atoms with Gasteiger partial charge in [0.1, 0.15) is 0 Å². The second kappa shape index (κ2) is 3.75. The fourth-order valence-corrected chi connectivity index (χ4v) is 2.68. The van der Waals surface area contributed by atoms with Crippen molar-refractivity contribution in [3.8, 4) is 0 Å². The van der Waals surface area contributed by atoms with Crippen LogP contribution >= 0.6 is 0 Å². The van der Waals surface area contributed by atoms with E-state index in [4.69, 9.17) is 0 Å². The fraction of sp³-hybridized carbons (Fsp3) is 0.267. The average molecular weight is 209 g/mol. The predicted octanol–water partition coefficient (Wildman–Crippen LogP) is 3.42. The maximum absolute atomic E-state index is 4.45. The van der Waals surface area contributed by atoms with Gasteiger partial charge in [-0.05, 0) is 41.5 Å². The number of rotatable bonds is 0. The number of aryl methyl sites for hydroxylation is 1. The van der Waals surface area contributed by atoms with Crippen LogP contribution in [-0.4, -0.2) is 12.8 Å². The number of benzene rings is 1. The lowest BCUT2D eigenvalue weighted by atomic mass is 9.98. The first-order valence-electron chi connectivity index (χ1n) is 5.84.